The summed E-state index contributed by atoms with van der Waals surface area (Å²) in [5.74, 6) is -0.690. The standard InChI is InChI=1S/C27H25FN2O3S/c1-3-30(20-8-5-4-6-9-20)24(31)16-18-12-14-19(15-13-18)29-27(32)26-21(17-33-2)25-22(28)10-7-11-23(25)34-26/h4-15H,3,16-17H2,1-2H3,(H,29,32). The Labute approximate surface area is 201 Å². The highest BCUT2D eigenvalue weighted by molar-refractivity contribution is 7.21. The number of benzene rings is 3. The quantitative estimate of drug-likeness (QED) is 0.338. The van der Waals surface area contributed by atoms with Crippen molar-refractivity contribution in [3.05, 3.63) is 94.6 Å². The molecule has 1 N–H and O–H groups in total. The summed E-state index contributed by atoms with van der Waals surface area (Å²) in [4.78, 5) is 28.0. The van der Waals surface area contributed by atoms with Crippen LogP contribution in [0.15, 0.2) is 72.8 Å². The van der Waals surface area contributed by atoms with Gasteiger partial charge in [-0.1, -0.05) is 36.4 Å². The summed E-state index contributed by atoms with van der Waals surface area (Å²) in [5.41, 5.74) is 2.85. The minimum Gasteiger partial charge on any atom is -0.380 e. The number of hydrogen-bond donors (Lipinski definition) is 1. The summed E-state index contributed by atoms with van der Waals surface area (Å²) in [6, 6.07) is 21.6. The van der Waals surface area contributed by atoms with E-state index in [2.05, 4.69) is 5.32 Å². The van der Waals surface area contributed by atoms with E-state index in [4.69, 9.17) is 4.74 Å². The van der Waals surface area contributed by atoms with E-state index in [1.54, 1.807) is 29.2 Å². The van der Waals surface area contributed by atoms with Crippen molar-refractivity contribution in [3.8, 4) is 0 Å². The van der Waals surface area contributed by atoms with Gasteiger partial charge in [0.05, 0.1) is 17.9 Å². The predicted molar refractivity (Wildman–Crippen MR) is 135 cm³/mol. The maximum Gasteiger partial charge on any atom is 0.266 e. The average molecular weight is 477 g/mol. The molecule has 0 saturated carbocycles. The second kappa shape index (κ2) is 10.6. The Balaban J connectivity index is 1.48. The van der Waals surface area contributed by atoms with Crippen LogP contribution >= 0.6 is 11.3 Å². The molecule has 0 spiro atoms. The van der Waals surface area contributed by atoms with Crippen LogP contribution in [0.1, 0.15) is 27.7 Å². The third-order valence-corrected chi connectivity index (χ3v) is 6.71. The Hall–Kier alpha value is -3.55. The maximum atomic E-state index is 14.4. The zero-order chi connectivity index (χ0) is 24.1. The first kappa shape index (κ1) is 23.6. The van der Waals surface area contributed by atoms with Crippen LogP contribution in [0, 0.1) is 5.82 Å². The lowest BCUT2D eigenvalue weighted by Gasteiger charge is -2.21. The monoisotopic (exact) mass is 476 g/mol. The minimum atomic E-state index is -0.370. The number of thiophene rings is 1. The summed E-state index contributed by atoms with van der Waals surface area (Å²) in [6.07, 6.45) is 0.255. The molecule has 1 heterocycles. The largest absolute Gasteiger partial charge is 0.380 e. The smallest absolute Gasteiger partial charge is 0.266 e. The molecule has 174 valence electrons. The molecule has 1 aromatic heterocycles. The van der Waals surface area contributed by atoms with Crippen molar-refractivity contribution in [2.75, 3.05) is 23.9 Å². The highest BCUT2D eigenvalue weighted by Gasteiger charge is 2.21. The summed E-state index contributed by atoms with van der Waals surface area (Å²) in [6.45, 7) is 2.66. The SMILES string of the molecule is CCN(C(=O)Cc1ccc(NC(=O)c2sc3cccc(F)c3c2COC)cc1)c1ccccc1. The van der Waals surface area contributed by atoms with E-state index < -0.39 is 0 Å². The highest BCUT2D eigenvalue weighted by Crippen LogP contribution is 2.34. The molecule has 0 unspecified atom stereocenters. The fraction of sp³-hybridized carbons (Fsp3) is 0.185. The number of ether oxygens (including phenoxy) is 1. The molecule has 34 heavy (non-hydrogen) atoms. The first-order valence-corrected chi connectivity index (χ1v) is 11.8. The molecular formula is C27H25FN2O3S. The first-order chi connectivity index (χ1) is 16.5. The summed E-state index contributed by atoms with van der Waals surface area (Å²) >= 11 is 1.24. The first-order valence-electron chi connectivity index (χ1n) is 11.0. The van der Waals surface area contributed by atoms with Crippen LogP contribution in [0.2, 0.25) is 0 Å². The fourth-order valence-electron chi connectivity index (χ4n) is 3.91. The lowest BCUT2D eigenvalue weighted by Crippen LogP contribution is -2.31. The van der Waals surface area contributed by atoms with Crippen molar-refractivity contribution < 1.29 is 18.7 Å². The van der Waals surface area contributed by atoms with Crippen molar-refractivity contribution >= 4 is 44.6 Å². The number of halogens is 1. The van der Waals surface area contributed by atoms with Crippen molar-refractivity contribution in [1.29, 1.82) is 0 Å². The molecule has 0 aliphatic rings. The molecule has 5 nitrogen and oxygen atoms in total. The Morgan fingerprint density at radius 2 is 1.74 bits per heavy atom. The molecule has 0 saturated heterocycles. The van der Waals surface area contributed by atoms with Gasteiger partial charge in [-0.3, -0.25) is 9.59 Å². The molecule has 0 radical (unpaired) electrons. The molecule has 0 aliphatic carbocycles. The average Bonchev–Trinajstić information content (AvgIpc) is 3.22. The minimum absolute atomic E-state index is 0.00185. The normalized spacial score (nSPS) is 10.9. The van der Waals surface area contributed by atoms with E-state index in [0.717, 1.165) is 11.3 Å². The molecule has 4 rings (SSSR count). The molecular weight excluding hydrogens is 451 g/mol. The highest BCUT2D eigenvalue weighted by atomic mass is 32.1. The van der Waals surface area contributed by atoms with Gasteiger partial charge in [-0.25, -0.2) is 4.39 Å². The Kier molecular flexibility index (Phi) is 7.35. The number of fused-ring (bicyclic) bond motifs is 1. The number of hydrogen-bond acceptors (Lipinski definition) is 4. The van der Waals surface area contributed by atoms with Gasteiger partial charge in [-0.15, -0.1) is 11.3 Å². The molecule has 2 amide bonds. The lowest BCUT2D eigenvalue weighted by atomic mass is 10.1. The second-order valence-corrected chi connectivity index (χ2v) is 8.81. The van der Waals surface area contributed by atoms with Gasteiger partial charge in [0, 0.05) is 40.7 Å². The number of likely N-dealkylation sites (N-methyl/N-ethyl adjacent to an activating group) is 1. The molecule has 0 bridgehead atoms. The van der Waals surface area contributed by atoms with Gasteiger partial charge in [-0.05, 0) is 48.9 Å². The molecule has 3 aromatic carbocycles. The van der Waals surface area contributed by atoms with Gasteiger partial charge in [0.2, 0.25) is 5.91 Å². The number of rotatable bonds is 8. The third-order valence-electron chi connectivity index (χ3n) is 5.51. The fourth-order valence-corrected chi connectivity index (χ4v) is 5.02. The number of anilines is 2. The molecule has 4 aromatic rings. The van der Waals surface area contributed by atoms with E-state index in [9.17, 15) is 14.0 Å². The summed E-state index contributed by atoms with van der Waals surface area (Å²) in [7, 11) is 1.52. The Morgan fingerprint density at radius 1 is 1.00 bits per heavy atom. The van der Waals surface area contributed by atoms with Crippen LogP contribution < -0.4 is 10.2 Å². The zero-order valence-electron chi connectivity index (χ0n) is 19.0. The van der Waals surface area contributed by atoms with E-state index in [1.165, 1.54) is 24.5 Å². The van der Waals surface area contributed by atoms with E-state index in [1.807, 2.05) is 49.4 Å². The molecule has 0 aliphatic heterocycles. The van der Waals surface area contributed by atoms with Crippen LogP contribution in [-0.4, -0.2) is 25.5 Å². The molecule has 0 fully saturated rings. The topological polar surface area (TPSA) is 58.6 Å². The van der Waals surface area contributed by atoms with Crippen LogP contribution in [0.3, 0.4) is 0 Å². The molecule has 0 atom stereocenters. The predicted octanol–water partition coefficient (Wildman–Crippen LogP) is 6.03. The van der Waals surface area contributed by atoms with Crippen molar-refractivity contribution in [1.82, 2.24) is 0 Å². The lowest BCUT2D eigenvalue weighted by molar-refractivity contribution is -0.117. The van der Waals surface area contributed by atoms with E-state index >= 15 is 0 Å². The number of methoxy groups -OCH3 is 1. The number of carbonyl (C=O) groups is 2. The number of nitrogens with zero attached hydrogens (tertiary/aromatic N) is 1. The number of amides is 2. The van der Waals surface area contributed by atoms with Crippen LogP contribution in [0.4, 0.5) is 15.8 Å². The third kappa shape index (κ3) is 5.00. The summed E-state index contributed by atoms with van der Waals surface area (Å²) in [5, 5.41) is 3.30. The number of para-hydroxylation sites is 1. The molecule has 7 heteroatoms. The van der Waals surface area contributed by atoms with E-state index in [-0.39, 0.29) is 30.7 Å². The second-order valence-electron chi connectivity index (χ2n) is 7.76. The number of carbonyl (C=O) groups excluding carboxylic acids is 2. The Bertz CT molecular complexity index is 1300. The zero-order valence-corrected chi connectivity index (χ0v) is 19.8. The maximum absolute atomic E-state index is 14.4. The van der Waals surface area contributed by atoms with Gasteiger partial charge >= 0.3 is 0 Å². The van der Waals surface area contributed by atoms with Gasteiger partial charge in [0.1, 0.15) is 5.82 Å². The van der Waals surface area contributed by atoms with Gasteiger partial charge in [0.25, 0.3) is 5.91 Å². The van der Waals surface area contributed by atoms with Crippen LogP contribution in [0.25, 0.3) is 10.1 Å². The van der Waals surface area contributed by atoms with Crippen LogP contribution in [0.5, 0.6) is 0 Å². The van der Waals surface area contributed by atoms with Gasteiger partial charge in [0.15, 0.2) is 0 Å². The number of nitrogens with one attached hydrogen (secondary N) is 1. The van der Waals surface area contributed by atoms with Gasteiger partial charge in [-0.2, -0.15) is 0 Å². The Morgan fingerprint density at radius 3 is 2.41 bits per heavy atom. The van der Waals surface area contributed by atoms with Crippen molar-refractivity contribution in [2.45, 2.75) is 20.0 Å². The van der Waals surface area contributed by atoms with Gasteiger partial charge < -0.3 is 15.0 Å². The van der Waals surface area contributed by atoms with E-state index in [0.29, 0.717) is 32.8 Å². The summed E-state index contributed by atoms with van der Waals surface area (Å²) < 4.78 is 20.3. The van der Waals surface area contributed by atoms with Crippen molar-refractivity contribution in [2.24, 2.45) is 0 Å². The van der Waals surface area contributed by atoms with Crippen LogP contribution in [-0.2, 0) is 22.6 Å². The van der Waals surface area contributed by atoms with Crippen molar-refractivity contribution in [3.63, 3.8) is 0 Å².